The fraction of sp³-hybridized carbons (Fsp3) is 0.706. The summed E-state index contributed by atoms with van der Waals surface area (Å²) in [4.78, 5) is 14.4. The Balaban J connectivity index is 2.97. The van der Waals surface area contributed by atoms with Gasteiger partial charge < -0.3 is 4.74 Å². The molecule has 0 radical (unpaired) electrons. The number of nitrogens with zero attached hydrogens (tertiary/aromatic N) is 1. The van der Waals surface area contributed by atoms with Crippen LogP contribution in [0, 0.1) is 0 Å². The Morgan fingerprint density at radius 1 is 1.20 bits per heavy atom. The van der Waals surface area contributed by atoms with Gasteiger partial charge in [0.05, 0.1) is 5.54 Å². The van der Waals surface area contributed by atoms with E-state index in [0.717, 1.165) is 32.1 Å². The molecule has 3 heteroatoms. The Hall–Kier alpha value is -1.25. The van der Waals surface area contributed by atoms with E-state index in [1.807, 2.05) is 31.7 Å². The van der Waals surface area contributed by atoms with E-state index in [4.69, 9.17) is 4.74 Å². The molecular weight excluding hydrogens is 250 g/mol. The summed E-state index contributed by atoms with van der Waals surface area (Å²) in [6.07, 6.45) is 9.89. The Bertz CT molecular complexity index is 348. The predicted octanol–water partition coefficient (Wildman–Crippen LogP) is 4.69. The van der Waals surface area contributed by atoms with Gasteiger partial charge in [-0.3, -0.25) is 4.90 Å². The standard InChI is InChI=1S/C17H29NO2/c1-6-11-17(12-9-8-10-13-17)18(14-7-2)15(19)20-16(3,4)5/h6-7H,1-2,8-14H2,3-5H3. The van der Waals surface area contributed by atoms with Gasteiger partial charge in [-0.25, -0.2) is 4.79 Å². The minimum atomic E-state index is -0.472. The van der Waals surface area contributed by atoms with E-state index < -0.39 is 5.60 Å². The molecule has 0 bridgehead atoms. The maximum Gasteiger partial charge on any atom is 0.411 e. The van der Waals surface area contributed by atoms with Crippen molar-refractivity contribution < 1.29 is 9.53 Å². The van der Waals surface area contributed by atoms with Crippen LogP contribution < -0.4 is 0 Å². The fourth-order valence-electron chi connectivity index (χ4n) is 2.97. The third-order valence-corrected chi connectivity index (χ3v) is 3.81. The van der Waals surface area contributed by atoms with Gasteiger partial charge in [-0.1, -0.05) is 31.4 Å². The molecule has 3 nitrogen and oxygen atoms in total. The van der Waals surface area contributed by atoms with Crippen LogP contribution in [0.25, 0.3) is 0 Å². The molecule has 20 heavy (non-hydrogen) atoms. The number of amides is 1. The predicted molar refractivity (Wildman–Crippen MR) is 83.8 cm³/mol. The van der Waals surface area contributed by atoms with Gasteiger partial charge in [0.1, 0.15) is 5.60 Å². The molecule has 1 rings (SSSR count). The molecule has 1 aliphatic carbocycles. The highest BCUT2D eigenvalue weighted by Crippen LogP contribution is 2.37. The molecule has 0 atom stereocenters. The molecular formula is C17H29NO2. The van der Waals surface area contributed by atoms with E-state index in [1.165, 1.54) is 6.42 Å². The largest absolute Gasteiger partial charge is 0.444 e. The van der Waals surface area contributed by atoms with E-state index in [-0.39, 0.29) is 11.6 Å². The Morgan fingerprint density at radius 3 is 2.25 bits per heavy atom. The van der Waals surface area contributed by atoms with Crippen LogP contribution in [0.4, 0.5) is 4.79 Å². The number of carbonyl (C=O) groups excluding carboxylic acids is 1. The van der Waals surface area contributed by atoms with Gasteiger partial charge in [0, 0.05) is 6.54 Å². The summed E-state index contributed by atoms with van der Waals surface area (Å²) in [7, 11) is 0. The molecule has 0 N–H and O–H groups in total. The third-order valence-electron chi connectivity index (χ3n) is 3.81. The molecule has 114 valence electrons. The van der Waals surface area contributed by atoms with Crippen LogP contribution in [-0.4, -0.2) is 28.7 Å². The molecule has 0 aromatic rings. The number of hydrogen-bond acceptors (Lipinski definition) is 2. The monoisotopic (exact) mass is 279 g/mol. The first kappa shape index (κ1) is 16.8. The molecule has 1 aliphatic rings. The molecule has 0 aromatic carbocycles. The van der Waals surface area contributed by atoms with Gasteiger partial charge in [0.15, 0.2) is 0 Å². The SMILES string of the molecule is C=CCN(C(=O)OC(C)(C)C)C1(CC=C)CCCCC1. The highest BCUT2D eigenvalue weighted by Gasteiger charge is 2.40. The first-order valence-corrected chi connectivity index (χ1v) is 7.57. The average Bonchev–Trinajstić information content (AvgIpc) is 2.35. The van der Waals surface area contributed by atoms with Crippen molar-refractivity contribution in [3.63, 3.8) is 0 Å². The molecule has 0 spiro atoms. The summed E-state index contributed by atoms with van der Waals surface area (Å²) < 4.78 is 5.58. The van der Waals surface area contributed by atoms with E-state index in [2.05, 4.69) is 13.2 Å². The van der Waals surface area contributed by atoms with Gasteiger partial charge in [-0.15, -0.1) is 13.2 Å². The van der Waals surface area contributed by atoms with Crippen molar-refractivity contribution in [1.82, 2.24) is 4.90 Å². The highest BCUT2D eigenvalue weighted by atomic mass is 16.6. The first-order chi connectivity index (χ1) is 9.34. The summed E-state index contributed by atoms with van der Waals surface area (Å²) in [6.45, 7) is 13.9. The topological polar surface area (TPSA) is 29.5 Å². The number of hydrogen-bond donors (Lipinski definition) is 0. The van der Waals surface area contributed by atoms with Crippen molar-refractivity contribution in [3.8, 4) is 0 Å². The second-order valence-electron chi connectivity index (χ2n) is 6.66. The molecule has 0 saturated heterocycles. The molecule has 0 aromatic heterocycles. The molecule has 0 aliphatic heterocycles. The van der Waals surface area contributed by atoms with Crippen molar-refractivity contribution in [2.24, 2.45) is 0 Å². The quantitative estimate of drug-likeness (QED) is 0.683. The maximum absolute atomic E-state index is 12.5. The van der Waals surface area contributed by atoms with Crippen LogP contribution in [0.2, 0.25) is 0 Å². The zero-order valence-corrected chi connectivity index (χ0v) is 13.3. The molecule has 0 unspecified atom stereocenters. The first-order valence-electron chi connectivity index (χ1n) is 7.57. The van der Waals surface area contributed by atoms with Crippen molar-refractivity contribution in [2.75, 3.05) is 6.54 Å². The van der Waals surface area contributed by atoms with Crippen LogP contribution >= 0.6 is 0 Å². The van der Waals surface area contributed by atoms with Crippen molar-refractivity contribution in [2.45, 2.75) is 70.4 Å². The summed E-state index contributed by atoms with van der Waals surface area (Å²) in [6, 6.07) is 0. The average molecular weight is 279 g/mol. The summed E-state index contributed by atoms with van der Waals surface area (Å²) in [5.41, 5.74) is -0.614. The summed E-state index contributed by atoms with van der Waals surface area (Å²) in [5, 5.41) is 0. The summed E-state index contributed by atoms with van der Waals surface area (Å²) >= 11 is 0. The zero-order valence-electron chi connectivity index (χ0n) is 13.3. The lowest BCUT2D eigenvalue weighted by molar-refractivity contribution is -0.00871. The van der Waals surface area contributed by atoms with E-state index in [1.54, 1.807) is 6.08 Å². The van der Waals surface area contributed by atoms with Gasteiger partial charge in [-0.2, -0.15) is 0 Å². The van der Waals surface area contributed by atoms with Gasteiger partial charge in [0.25, 0.3) is 0 Å². The van der Waals surface area contributed by atoms with Gasteiger partial charge >= 0.3 is 6.09 Å². The van der Waals surface area contributed by atoms with Crippen molar-refractivity contribution in [3.05, 3.63) is 25.3 Å². The van der Waals surface area contributed by atoms with E-state index in [0.29, 0.717) is 6.54 Å². The Morgan fingerprint density at radius 2 is 1.80 bits per heavy atom. The minimum Gasteiger partial charge on any atom is -0.444 e. The number of carbonyl (C=O) groups is 1. The Labute approximate surface area is 123 Å². The highest BCUT2D eigenvalue weighted by molar-refractivity contribution is 5.69. The molecule has 0 heterocycles. The normalized spacial score (nSPS) is 18.1. The van der Waals surface area contributed by atoms with E-state index >= 15 is 0 Å². The molecule has 1 amide bonds. The van der Waals surface area contributed by atoms with Crippen LogP contribution in [0.15, 0.2) is 25.3 Å². The van der Waals surface area contributed by atoms with Crippen LogP contribution in [-0.2, 0) is 4.74 Å². The van der Waals surface area contributed by atoms with Gasteiger partial charge in [-0.05, 0) is 40.0 Å². The molecule has 1 fully saturated rings. The second kappa shape index (κ2) is 6.96. The lowest BCUT2D eigenvalue weighted by Crippen LogP contribution is -2.54. The van der Waals surface area contributed by atoms with Crippen molar-refractivity contribution in [1.29, 1.82) is 0 Å². The zero-order chi connectivity index (χ0) is 15.2. The fourth-order valence-corrected chi connectivity index (χ4v) is 2.97. The number of rotatable bonds is 5. The summed E-state index contributed by atoms with van der Waals surface area (Å²) in [5.74, 6) is 0. The van der Waals surface area contributed by atoms with Crippen molar-refractivity contribution >= 4 is 6.09 Å². The van der Waals surface area contributed by atoms with Crippen LogP contribution in [0.5, 0.6) is 0 Å². The van der Waals surface area contributed by atoms with Gasteiger partial charge in [0.2, 0.25) is 0 Å². The van der Waals surface area contributed by atoms with E-state index in [9.17, 15) is 4.79 Å². The minimum absolute atomic E-state index is 0.142. The lowest BCUT2D eigenvalue weighted by Gasteiger charge is -2.46. The molecule has 1 saturated carbocycles. The third kappa shape index (κ3) is 4.39. The lowest BCUT2D eigenvalue weighted by atomic mass is 9.78. The maximum atomic E-state index is 12.5. The van der Waals surface area contributed by atoms with Crippen LogP contribution in [0.3, 0.4) is 0 Å². The number of ether oxygens (including phenoxy) is 1. The Kier molecular flexibility index (Phi) is 5.85. The smallest absolute Gasteiger partial charge is 0.411 e. The van der Waals surface area contributed by atoms with Crippen LogP contribution in [0.1, 0.15) is 59.3 Å². The second-order valence-corrected chi connectivity index (χ2v) is 6.66.